The molecule has 1 N–H and O–H groups in total. The molecular weight excluding hydrogens is 284 g/mol. The van der Waals surface area contributed by atoms with Crippen LogP contribution in [0.1, 0.15) is 5.69 Å². The zero-order valence-electron chi connectivity index (χ0n) is 10.4. The highest BCUT2D eigenvalue weighted by Crippen LogP contribution is 2.18. The van der Waals surface area contributed by atoms with Crippen molar-refractivity contribution in [3.05, 3.63) is 51.4 Å². The fourth-order valence-corrected chi connectivity index (χ4v) is 2.40. The first kappa shape index (κ1) is 14.0. The Bertz CT molecular complexity index is 616. The van der Waals surface area contributed by atoms with E-state index in [1.807, 2.05) is 12.1 Å². The van der Waals surface area contributed by atoms with Gasteiger partial charge in [0.1, 0.15) is 5.75 Å². The Morgan fingerprint density at radius 2 is 2.26 bits per heavy atom. The van der Waals surface area contributed by atoms with E-state index >= 15 is 0 Å². The van der Waals surface area contributed by atoms with Crippen LogP contribution in [0.25, 0.3) is 0 Å². The number of hydrogen-bond acceptors (Lipinski definition) is 4. The van der Waals surface area contributed by atoms with Crippen molar-refractivity contribution in [2.45, 2.75) is 12.1 Å². The molecule has 0 aliphatic carbocycles. The number of nitrogens with zero attached hydrogens (tertiary/aromatic N) is 1. The third-order valence-electron chi connectivity index (χ3n) is 2.23. The van der Waals surface area contributed by atoms with Crippen LogP contribution in [0.3, 0.4) is 0 Å². The minimum absolute atomic E-state index is 0.134. The van der Waals surface area contributed by atoms with Gasteiger partial charge in [0.15, 0.2) is 5.16 Å². The molecule has 0 spiro atoms. The molecule has 0 radical (unpaired) electrons. The Kier molecular flexibility index (Phi) is 4.87. The van der Waals surface area contributed by atoms with Gasteiger partial charge in [-0.2, -0.15) is 0 Å². The third kappa shape index (κ3) is 4.61. The van der Waals surface area contributed by atoms with Crippen LogP contribution in [0.15, 0.2) is 40.3 Å². The number of halogens is 1. The molecule has 0 unspecified atom stereocenters. The van der Waals surface area contributed by atoms with Gasteiger partial charge in [-0.25, -0.2) is 4.98 Å². The number of hydrogen-bond donors (Lipinski definition) is 1. The number of nitrogens with one attached hydrogen (secondary N) is 1. The first-order valence-electron chi connectivity index (χ1n) is 5.72. The van der Waals surface area contributed by atoms with E-state index < -0.39 is 0 Å². The number of thioether (sulfide) groups is 1. The molecule has 19 heavy (non-hydrogen) atoms. The number of benzene rings is 1. The Labute approximate surface area is 120 Å². The molecule has 6 heteroatoms. The van der Waals surface area contributed by atoms with Gasteiger partial charge in [-0.15, -0.1) is 0 Å². The lowest BCUT2D eigenvalue weighted by Crippen LogP contribution is -2.09. The van der Waals surface area contributed by atoms with Crippen LogP contribution >= 0.6 is 23.4 Å². The number of ether oxygens (including phenoxy) is 1. The summed E-state index contributed by atoms with van der Waals surface area (Å²) in [5.74, 6) is 1.43. The summed E-state index contributed by atoms with van der Waals surface area (Å²) in [6, 6.07) is 8.71. The van der Waals surface area contributed by atoms with Crippen LogP contribution in [-0.2, 0) is 0 Å². The van der Waals surface area contributed by atoms with E-state index in [9.17, 15) is 4.79 Å². The molecule has 0 aliphatic heterocycles. The van der Waals surface area contributed by atoms with Gasteiger partial charge in [0.25, 0.3) is 5.56 Å². The van der Waals surface area contributed by atoms with E-state index in [4.69, 9.17) is 16.3 Å². The van der Waals surface area contributed by atoms with Crippen LogP contribution in [0.4, 0.5) is 0 Å². The van der Waals surface area contributed by atoms with Gasteiger partial charge in [0.05, 0.1) is 6.61 Å². The van der Waals surface area contributed by atoms with E-state index in [2.05, 4.69) is 9.97 Å². The van der Waals surface area contributed by atoms with Crippen LogP contribution in [-0.4, -0.2) is 22.3 Å². The Morgan fingerprint density at radius 3 is 3.00 bits per heavy atom. The summed E-state index contributed by atoms with van der Waals surface area (Å²) in [6.07, 6.45) is 0. The third-order valence-corrected chi connectivity index (χ3v) is 3.31. The summed E-state index contributed by atoms with van der Waals surface area (Å²) in [5.41, 5.74) is 0.577. The highest BCUT2D eigenvalue weighted by molar-refractivity contribution is 7.99. The van der Waals surface area contributed by atoms with Crippen LogP contribution in [0.5, 0.6) is 5.75 Å². The van der Waals surface area contributed by atoms with Gasteiger partial charge in [-0.3, -0.25) is 4.79 Å². The van der Waals surface area contributed by atoms with Gasteiger partial charge in [0.2, 0.25) is 0 Å². The van der Waals surface area contributed by atoms with Crippen LogP contribution in [0, 0.1) is 6.92 Å². The maximum Gasteiger partial charge on any atom is 0.251 e. The first-order valence-corrected chi connectivity index (χ1v) is 7.09. The summed E-state index contributed by atoms with van der Waals surface area (Å²) < 4.78 is 5.54. The molecule has 100 valence electrons. The lowest BCUT2D eigenvalue weighted by atomic mass is 10.3. The summed E-state index contributed by atoms with van der Waals surface area (Å²) >= 11 is 7.30. The van der Waals surface area contributed by atoms with Crippen molar-refractivity contribution in [1.82, 2.24) is 9.97 Å². The molecule has 0 bridgehead atoms. The number of H-pyrrole nitrogens is 1. The average molecular weight is 297 g/mol. The average Bonchev–Trinajstić information content (AvgIpc) is 2.34. The topological polar surface area (TPSA) is 55.0 Å². The Hall–Kier alpha value is -1.46. The van der Waals surface area contributed by atoms with Gasteiger partial charge in [0, 0.05) is 22.5 Å². The van der Waals surface area contributed by atoms with E-state index in [0.717, 1.165) is 5.75 Å². The predicted molar refractivity (Wildman–Crippen MR) is 77.3 cm³/mol. The molecule has 2 rings (SSSR count). The molecule has 1 aromatic carbocycles. The molecule has 0 amide bonds. The zero-order chi connectivity index (χ0) is 13.7. The van der Waals surface area contributed by atoms with E-state index in [-0.39, 0.29) is 5.56 Å². The summed E-state index contributed by atoms with van der Waals surface area (Å²) in [5, 5.41) is 1.26. The largest absolute Gasteiger partial charge is 0.493 e. The van der Waals surface area contributed by atoms with Gasteiger partial charge >= 0.3 is 0 Å². The fraction of sp³-hybridized carbons (Fsp3) is 0.231. The molecular formula is C13H13ClN2O2S. The molecule has 1 aromatic heterocycles. The predicted octanol–water partition coefficient (Wildman–Crippen LogP) is 2.90. The first-order chi connectivity index (χ1) is 9.13. The minimum Gasteiger partial charge on any atom is -0.493 e. The van der Waals surface area contributed by atoms with Crippen molar-refractivity contribution in [1.29, 1.82) is 0 Å². The van der Waals surface area contributed by atoms with E-state index in [1.54, 1.807) is 19.1 Å². The standard InChI is InChI=1S/C13H13ClN2O2S/c1-9-7-12(17)16-13(15-9)19-6-5-18-11-4-2-3-10(14)8-11/h2-4,7-8H,5-6H2,1H3,(H,15,16,17). The molecule has 0 saturated carbocycles. The van der Waals surface area contributed by atoms with Crippen LogP contribution < -0.4 is 10.3 Å². The van der Waals surface area contributed by atoms with Crippen molar-refractivity contribution >= 4 is 23.4 Å². The summed E-state index contributed by atoms with van der Waals surface area (Å²) in [4.78, 5) is 18.1. The number of aromatic amines is 1. The van der Waals surface area contributed by atoms with Crippen molar-refractivity contribution in [2.24, 2.45) is 0 Å². The zero-order valence-corrected chi connectivity index (χ0v) is 11.9. The molecule has 0 saturated heterocycles. The molecule has 0 atom stereocenters. The smallest absolute Gasteiger partial charge is 0.251 e. The maximum atomic E-state index is 11.2. The molecule has 0 aliphatic rings. The Morgan fingerprint density at radius 1 is 1.42 bits per heavy atom. The highest BCUT2D eigenvalue weighted by atomic mass is 35.5. The summed E-state index contributed by atoms with van der Waals surface area (Å²) in [7, 11) is 0. The quantitative estimate of drug-likeness (QED) is 0.524. The SMILES string of the molecule is Cc1cc(=O)[nH]c(SCCOc2cccc(Cl)c2)n1. The minimum atomic E-state index is -0.134. The van der Waals surface area contributed by atoms with Gasteiger partial charge in [-0.1, -0.05) is 29.4 Å². The lowest BCUT2D eigenvalue weighted by molar-refractivity contribution is 0.344. The number of aromatic nitrogens is 2. The van der Waals surface area contributed by atoms with Crippen molar-refractivity contribution in [3.63, 3.8) is 0 Å². The lowest BCUT2D eigenvalue weighted by Gasteiger charge is -2.06. The van der Waals surface area contributed by atoms with Crippen molar-refractivity contribution < 1.29 is 4.74 Å². The van der Waals surface area contributed by atoms with Crippen LogP contribution in [0.2, 0.25) is 5.02 Å². The maximum absolute atomic E-state index is 11.2. The normalized spacial score (nSPS) is 10.4. The second-order valence-corrected chi connectivity index (χ2v) is 5.37. The molecule has 0 fully saturated rings. The highest BCUT2D eigenvalue weighted by Gasteiger charge is 2.00. The van der Waals surface area contributed by atoms with Gasteiger partial charge in [-0.05, 0) is 25.1 Å². The van der Waals surface area contributed by atoms with Gasteiger partial charge < -0.3 is 9.72 Å². The molecule has 2 aromatic rings. The van der Waals surface area contributed by atoms with Crippen molar-refractivity contribution in [2.75, 3.05) is 12.4 Å². The number of rotatable bonds is 5. The Balaban J connectivity index is 1.82. The second-order valence-electron chi connectivity index (χ2n) is 3.85. The fourth-order valence-electron chi connectivity index (χ4n) is 1.47. The second kappa shape index (κ2) is 6.63. The van der Waals surface area contributed by atoms with E-state index in [0.29, 0.717) is 28.2 Å². The van der Waals surface area contributed by atoms with Crippen molar-refractivity contribution in [3.8, 4) is 5.75 Å². The van der Waals surface area contributed by atoms with E-state index in [1.165, 1.54) is 17.8 Å². The summed E-state index contributed by atoms with van der Waals surface area (Å²) in [6.45, 7) is 2.31. The number of aryl methyl sites for hydroxylation is 1. The molecule has 4 nitrogen and oxygen atoms in total. The monoisotopic (exact) mass is 296 g/mol. The molecule has 1 heterocycles.